The maximum absolute atomic E-state index is 12.8. The summed E-state index contributed by atoms with van der Waals surface area (Å²) in [4.78, 5) is 0.319. The van der Waals surface area contributed by atoms with Gasteiger partial charge in [-0.3, -0.25) is 0 Å². The van der Waals surface area contributed by atoms with Crippen LogP contribution in [0.15, 0.2) is 23.1 Å². The third-order valence-corrected chi connectivity index (χ3v) is 5.75. The highest BCUT2D eigenvalue weighted by atomic mass is 32.2. The lowest BCUT2D eigenvalue weighted by Crippen LogP contribution is -2.48. The van der Waals surface area contributed by atoms with Gasteiger partial charge in [-0.15, -0.1) is 0 Å². The van der Waals surface area contributed by atoms with E-state index in [1.165, 1.54) is 4.31 Å². The van der Waals surface area contributed by atoms with Crippen LogP contribution in [0.3, 0.4) is 0 Å². The molecule has 2 rings (SSSR count). The number of nitrogens with zero attached hydrogens (tertiary/aromatic N) is 1. The summed E-state index contributed by atoms with van der Waals surface area (Å²) in [6.07, 6.45) is 1.87. The molecule has 1 aromatic carbocycles. The van der Waals surface area contributed by atoms with Crippen molar-refractivity contribution in [2.24, 2.45) is 0 Å². The van der Waals surface area contributed by atoms with Gasteiger partial charge in [-0.25, -0.2) is 8.42 Å². The number of hydrogen-bond acceptors (Lipinski definition) is 4. The Morgan fingerprint density at radius 1 is 1.26 bits per heavy atom. The van der Waals surface area contributed by atoms with Crippen molar-refractivity contribution < 1.29 is 17.9 Å². The molecule has 1 aliphatic heterocycles. The second-order valence-electron chi connectivity index (χ2n) is 6.21. The fourth-order valence-corrected chi connectivity index (χ4v) is 4.42. The zero-order valence-electron chi connectivity index (χ0n) is 14.4. The van der Waals surface area contributed by atoms with Crippen molar-refractivity contribution in [3.8, 4) is 5.75 Å². The van der Waals surface area contributed by atoms with E-state index in [2.05, 4.69) is 6.92 Å². The van der Waals surface area contributed by atoms with Crippen LogP contribution < -0.4 is 4.74 Å². The smallest absolute Gasteiger partial charge is 0.243 e. The molecule has 0 bridgehead atoms. The van der Waals surface area contributed by atoms with Crippen molar-refractivity contribution in [1.29, 1.82) is 0 Å². The van der Waals surface area contributed by atoms with Crippen molar-refractivity contribution in [2.75, 3.05) is 19.7 Å². The Kier molecular flexibility index (Phi) is 6.06. The zero-order chi connectivity index (χ0) is 17.0. The first-order valence-corrected chi connectivity index (χ1v) is 9.67. The normalized spacial score (nSPS) is 23.0. The molecule has 0 N–H and O–H groups in total. The maximum Gasteiger partial charge on any atom is 0.243 e. The minimum atomic E-state index is -3.49. The van der Waals surface area contributed by atoms with Crippen LogP contribution in [0.1, 0.15) is 39.2 Å². The molecule has 0 aromatic heterocycles. The molecular formula is C17H27NO4S. The maximum atomic E-state index is 12.8. The number of rotatable bonds is 6. The molecule has 6 heteroatoms. The van der Waals surface area contributed by atoms with Crippen LogP contribution in [0.4, 0.5) is 0 Å². The lowest BCUT2D eigenvalue weighted by atomic mass is 10.2. The lowest BCUT2D eigenvalue weighted by molar-refractivity contribution is -0.0440. The van der Waals surface area contributed by atoms with E-state index in [9.17, 15) is 8.42 Å². The van der Waals surface area contributed by atoms with Gasteiger partial charge >= 0.3 is 0 Å². The molecule has 0 saturated carbocycles. The highest BCUT2D eigenvalue weighted by Crippen LogP contribution is 2.26. The summed E-state index contributed by atoms with van der Waals surface area (Å²) in [7, 11) is -3.49. The van der Waals surface area contributed by atoms with E-state index >= 15 is 0 Å². The van der Waals surface area contributed by atoms with Gasteiger partial charge < -0.3 is 9.47 Å². The highest BCUT2D eigenvalue weighted by Gasteiger charge is 2.32. The van der Waals surface area contributed by atoms with Crippen LogP contribution in [-0.2, 0) is 14.8 Å². The molecule has 0 amide bonds. The van der Waals surface area contributed by atoms with Gasteiger partial charge in [0.1, 0.15) is 5.75 Å². The Morgan fingerprint density at radius 2 is 1.91 bits per heavy atom. The quantitative estimate of drug-likeness (QED) is 0.747. The Hall–Kier alpha value is -1.11. The average Bonchev–Trinajstić information content (AvgIpc) is 2.48. The second-order valence-corrected chi connectivity index (χ2v) is 8.15. The molecule has 23 heavy (non-hydrogen) atoms. The molecule has 2 atom stereocenters. The topological polar surface area (TPSA) is 55.8 Å². The molecule has 1 aromatic rings. The van der Waals surface area contributed by atoms with Crippen LogP contribution >= 0.6 is 0 Å². The zero-order valence-corrected chi connectivity index (χ0v) is 15.2. The van der Waals surface area contributed by atoms with E-state index in [4.69, 9.17) is 9.47 Å². The molecule has 0 radical (unpaired) electrons. The monoisotopic (exact) mass is 341 g/mol. The Morgan fingerprint density at radius 3 is 2.48 bits per heavy atom. The van der Waals surface area contributed by atoms with Gasteiger partial charge in [-0.2, -0.15) is 4.31 Å². The van der Waals surface area contributed by atoms with E-state index in [1.807, 2.05) is 20.8 Å². The molecule has 1 heterocycles. The summed E-state index contributed by atoms with van der Waals surface area (Å²) < 4.78 is 38.5. The summed E-state index contributed by atoms with van der Waals surface area (Å²) in [5, 5.41) is 0. The number of sulfonamides is 1. The lowest BCUT2D eigenvalue weighted by Gasteiger charge is -2.34. The summed E-state index contributed by atoms with van der Waals surface area (Å²) in [5.74, 6) is 0.751. The summed E-state index contributed by atoms with van der Waals surface area (Å²) >= 11 is 0. The summed E-state index contributed by atoms with van der Waals surface area (Å²) in [6.45, 7) is 9.21. The van der Waals surface area contributed by atoms with Crippen molar-refractivity contribution in [3.63, 3.8) is 0 Å². The van der Waals surface area contributed by atoms with Crippen LogP contribution in [-0.4, -0.2) is 44.6 Å². The van der Waals surface area contributed by atoms with Gasteiger partial charge in [-0.05, 0) is 51.0 Å². The van der Waals surface area contributed by atoms with Gasteiger partial charge in [0.05, 0.1) is 23.7 Å². The van der Waals surface area contributed by atoms with E-state index in [-0.39, 0.29) is 12.2 Å². The molecule has 1 saturated heterocycles. The van der Waals surface area contributed by atoms with E-state index in [0.717, 1.165) is 24.2 Å². The van der Waals surface area contributed by atoms with Crippen LogP contribution in [0.5, 0.6) is 5.75 Å². The fourth-order valence-electron chi connectivity index (χ4n) is 2.75. The van der Waals surface area contributed by atoms with E-state index in [0.29, 0.717) is 24.6 Å². The van der Waals surface area contributed by atoms with E-state index in [1.54, 1.807) is 18.2 Å². The van der Waals surface area contributed by atoms with Crippen LogP contribution in [0.2, 0.25) is 0 Å². The first-order valence-electron chi connectivity index (χ1n) is 8.23. The SMILES string of the molecule is CCCCOc1ccc(S(=O)(=O)N2C[C@@H](C)O[C@H](C)C2)cc1C. The minimum absolute atomic E-state index is 0.0914. The number of morpholine rings is 1. The third kappa shape index (κ3) is 4.46. The average molecular weight is 341 g/mol. The van der Waals surface area contributed by atoms with Crippen molar-refractivity contribution >= 4 is 10.0 Å². The third-order valence-electron chi connectivity index (χ3n) is 3.93. The molecule has 0 unspecified atom stereocenters. The molecule has 0 aliphatic carbocycles. The second kappa shape index (κ2) is 7.64. The largest absolute Gasteiger partial charge is 0.493 e. The standard InChI is InChI=1S/C17H27NO4S/c1-5-6-9-21-17-8-7-16(10-13(17)2)23(19,20)18-11-14(3)22-15(4)12-18/h7-8,10,14-15H,5-6,9,11-12H2,1-4H3/t14-,15-/m1/s1. The molecule has 1 fully saturated rings. The van der Waals surface area contributed by atoms with Gasteiger partial charge in [0.15, 0.2) is 0 Å². The minimum Gasteiger partial charge on any atom is -0.493 e. The van der Waals surface area contributed by atoms with Gasteiger partial charge in [-0.1, -0.05) is 13.3 Å². The molecule has 130 valence electrons. The number of benzene rings is 1. The Bertz CT molecular complexity index is 619. The Balaban J connectivity index is 2.18. The number of aryl methyl sites for hydroxylation is 1. The number of ether oxygens (including phenoxy) is 2. The molecule has 5 nitrogen and oxygen atoms in total. The predicted molar refractivity (Wildman–Crippen MR) is 90.3 cm³/mol. The summed E-state index contributed by atoms with van der Waals surface area (Å²) in [5.41, 5.74) is 0.844. The number of hydrogen-bond donors (Lipinski definition) is 0. The first kappa shape index (κ1) is 18.2. The van der Waals surface area contributed by atoms with E-state index < -0.39 is 10.0 Å². The Labute approximate surface area is 139 Å². The van der Waals surface area contributed by atoms with Gasteiger partial charge in [0.2, 0.25) is 10.0 Å². The predicted octanol–water partition coefficient (Wildman–Crippen LogP) is 2.97. The van der Waals surface area contributed by atoms with Crippen molar-refractivity contribution in [1.82, 2.24) is 4.31 Å². The van der Waals surface area contributed by atoms with Gasteiger partial charge in [0.25, 0.3) is 0 Å². The van der Waals surface area contributed by atoms with Crippen LogP contribution in [0, 0.1) is 6.92 Å². The number of unbranched alkanes of at least 4 members (excludes halogenated alkanes) is 1. The van der Waals surface area contributed by atoms with Crippen molar-refractivity contribution in [3.05, 3.63) is 23.8 Å². The molecular weight excluding hydrogens is 314 g/mol. The first-order chi connectivity index (χ1) is 10.8. The van der Waals surface area contributed by atoms with Crippen molar-refractivity contribution in [2.45, 2.75) is 57.6 Å². The highest BCUT2D eigenvalue weighted by molar-refractivity contribution is 7.89. The summed E-state index contributed by atoms with van der Waals surface area (Å²) in [6, 6.07) is 5.08. The van der Waals surface area contributed by atoms with Gasteiger partial charge in [0, 0.05) is 13.1 Å². The molecule has 1 aliphatic rings. The molecule has 0 spiro atoms. The van der Waals surface area contributed by atoms with Crippen LogP contribution in [0.25, 0.3) is 0 Å². The fraction of sp³-hybridized carbons (Fsp3) is 0.647.